The molecule has 2 heterocycles. The third-order valence-electron chi connectivity index (χ3n) is 4.57. The van der Waals surface area contributed by atoms with Crippen LogP contribution in [0.1, 0.15) is 41.5 Å². The van der Waals surface area contributed by atoms with Gasteiger partial charge < -0.3 is 15.7 Å². The second kappa shape index (κ2) is 8.46. The van der Waals surface area contributed by atoms with E-state index in [0.29, 0.717) is 28.2 Å². The number of aromatic carboxylic acids is 1. The molecule has 0 spiro atoms. The predicted molar refractivity (Wildman–Crippen MR) is 114 cm³/mol. The number of benzene rings is 1. The van der Waals surface area contributed by atoms with E-state index >= 15 is 0 Å². The molecule has 3 aromatic rings. The van der Waals surface area contributed by atoms with E-state index in [0.717, 1.165) is 11.3 Å². The van der Waals surface area contributed by atoms with Gasteiger partial charge in [0.2, 0.25) is 11.8 Å². The van der Waals surface area contributed by atoms with Crippen LogP contribution in [0.5, 0.6) is 0 Å². The molecule has 0 radical (unpaired) electrons. The third kappa shape index (κ3) is 4.08. The lowest BCUT2D eigenvalue weighted by molar-refractivity contribution is -0.119. The number of thiophene rings is 1. The number of amides is 2. The summed E-state index contributed by atoms with van der Waals surface area (Å²) in [6.45, 7) is 4.73. The Morgan fingerprint density at radius 2 is 1.77 bits per heavy atom. The number of aromatic nitrogens is 2. The summed E-state index contributed by atoms with van der Waals surface area (Å²) in [5.41, 5.74) is 0.998. The van der Waals surface area contributed by atoms with E-state index in [-0.39, 0.29) is 16.2 Å². The minimum absolute atomic E-state index is 0.0594. The number of carboxylic acid groups (broad SMARTS) is 1. The summed E-state index contributed by atoms with van der Waals surface area (Å²) in [5.74, 6) is -1.72. The Morgan fingerprint density at radius 1 is 1.17 bits per heavy atom. The Hall–Kier alpha value is -3.53. The minimum atomic E-state index is -1.12. The lowest BCUT2D eigenvalue weighted by Gasteiger charge is -2.18. The zero-order valence-corrected chi connectivity index (χ0v) is 17.4. The molecule has 0 bridgehead atoms. The largest absolute Gasteiger partial charge is 0.477 e. The van der Waals surface area contributed by atoms with Crippen LogP contribution < -0.4 is 16.2 Å². The molecular weight excluding hydrogens is 408 g/mol. The summed E-state index contributed by atoms with van der Waals surface area (Å²) in [4.78, 5) is 52.9. The smallest absolute Gasteiger partial charge is 0.346 e. The number of hydrogen-bond acceptors (Lipinski definition) is 6. The highest BCUT2D eigenvalue weighted by atomic mass is 32.1. The number of nitrogens with one attached hydrogen (secondary N) is 2. The summed E-state index contributed by atoms with van der Waals surface area (Å²) in [6, 6.07) is 5.77. The first-order valence-corrected chi connectivity index (χ1v) is 9.96. The lowest BCUT2D eigenvalue weighted by atomic mass is 10.1. The van der Waals surface area contributed by atoms with Crippen molar-refractivity contribution in [1.29, 1.82) is 0 Å². The van der Waals surface area contributed by atoms with Gasteiger partial charge in [-0.2, -0.15) is 0 Å². The van der Waals surface area contributed by atoms with Gasteiger partial charge in [0.15, 0.2) is 0 Å². The third-order valence-corrected chi connectivity index (χ3v) is 5.76. The van der Waals surface area contributed by atoms with Crippen LogP contribution in [0.15, 0.2) is 35.4 Å². The predicted octanol–water partition coefficient (Wildman–Crippen LogP) is 3.01. The number of carbonyl (C=O) groups is 3. The molecule has 3 rings (SSSR count). The average molecular weight is 428 g/mol. The molecule has 0 aliphatic carbocycles. The molecule has 0 aliphatic heterocycles. The van der Waals surface area contributed by atoms with Gasteiger partial charge in [-0.25, -0.2) is 9.78 Å². The Balaban J connectivity index is 1.90. The van der Waals surface area contributed by atoms with Gasteiger partial charge in [0.25, 0.3) is 5.56 Å². The van der Waals surface area contributed by atoms with Gasteiger partial charge in [0.05, 0.1) is 11.7 Å². The standard InChI is InChI=1S/C20H20N4O5S/c1-4-14(17(26)23-13-7-5-12(6-8-13)22-11(3)25)24-9-21-18-15(19(24)27)10(2)16(30-18)20(28)29/h5-9,14H,4H2,1-3H3,(H,22,25)(H,23,26)(H,28,29). The van der Waals surface area contributed by atoms with Gasteiger partial charge in [-0.15, -0.1) is 11.3 Å². The number of nitrogens with zero attached hydrogens (tertiary/aromatic N) is 2. The maximum absolute atomic E-state index is 13.0. The van der Waals surface area contributed by atoms with E-state index in [2.05, 4.69) is 15.6 Å². The molecule has 3 N–H and O–H groups in total. The van der Waals surface area contributed by atoms with Crippen LogP contribution in [-0.2, 0) is 9.59 Å². The molecule has 0 fully saturated rings. The van der Waals surface area contributed by atoms with Crippen molar-refractivity contribution in [2.75, 3.05) is 10.6 Å². The van der Waals surface area contributed by atoms with Crippen molar-refractivity contribution in [2.24, 2.45) is 0 Å². The van der Waals surface area contributed by atoms with Crippen molar-refractivity contribution >= 4 is 50.7 Å². The van der Waals surface area contributed by atoms with Gasteiger partial charge in [0, 0.05) is 18.3 Å². The first-order chi connectivity index (χ1) is 14.2. The summed E-state index contributed by atoms with van der Waals surface area (Å²) in [6.07, 6.45) is 1.61. The van der Waals surface area contributed by atoms with Gasteiger partial charge >= 0.3 is 5.97 Å². The van der Waals surface area contributed by atoms with Crippen molar-refractivity contribution in [3.05, 3.63) is 51.4 Å². The van der Waals surface area contributed by atoms with Crippen LogP contribution in [0.4, 0.5) is 11.4 Å². The van der Waals surface area contributed by atoms with E-state index in [1.165, 1.54) is 17.8 Å². The molecule has 1 aromatic carbocycles. The van der Waals surface area contributed by atoms with Crippen molar-refractivity contribution < 1.29 is 19.5 Å². The first-order valence-electron chi connectivity index (χ1n) is 9.15. The molecule has 1 unspecified atom stereocenters. The van der Waals surface area contributed by atoms with Gasteiger partial charge in [-0.1, -0.05) is 6.92 Å². The second-order valence-electron chi connectivity index (χ2n) is 6.67. The second-order valence-corrected chi connectivity index (χ2v) is 7.67. The van der Waals surface area contributed by atoms with Crippen molar-refractivity contribution in [1.82, 2.24) is 9.55 Å². The highest BCUT2D eigenvalue weighted by molar-refractivity contribution is 7.20. The molecular formula is C20H20N4O5S. The van der Waals surface area contributed by atoms with Gasteiger partial charge in [-0.05, 0) is 43.2 Å². The van der Waals surface area contributed by atoms with Crippen molar-refractivity contribution in [3.8, 4) is 0 Å². The number of anilines is 2. The Labute approximate surface area is 175 Å². The van der Waals surface area contributed by atoms with Crippen LogP contribution in [-0.4, -0.2) is 32.4 Å². The van der Waals surface area contributed by atoms with Gasteiger partial charge in [-0.3, -0.25) is 19.0 Å². The van der Waals surface area contributed by atoms with Crippen LogP contribution in [0, 0.1) is 6.92 Å². The van der Waals surface area contributed by atoms with Crippen LogP contribution in [0.2, 0.25) is 0 Å². The summed E-state index contributed by atoms with van der Waals surface area (Å²) < 4.78 is 1.23. The van der Waals surface area contributed by atoms with Crippen molar-refractivity contribution in [2.45, 2.75) is 33.2 Å². The molecule has 30 heavy (non-hydrogen) atoms. The molecule has 9 nitrogen and oxygen atoms in total. The minimum Gasteiger partial charge on any atom is -0.477 e. The van der Waals surface area contributed by atoms with Crippen molar-refractivity contribution in [3.63, 3.8) is 0 Å². The molecule has 0 saturated carbocycles. The maximum atomic E-state index is 13.0. The van der Waals surface area contributed by atoms with Crippen LogP contribution in [0.3, 0.4) is 0 Å². The number of rotatable bonds is 6. The molecule has 2 amide bonds. The maximum Gasteiger partial charge on any atom is 0.346 e. The highest BCUT2D eigenvalue weighted by Crippen LogP contribution is 2.27. The van der Waals surface area contributed by atoms with E-state index in [4.69, 9.17) is 0 Å². The monoisotopic (exact) mass is 428 g/mol. The summed E-state index contributed by atoms with van der Waals surface area (Å²) in [7, 11) is 0. The number of hydrogen-bond donors (Lipinski definition) is 3. The zero-order valence-electron chi connectivity index (χ0n) is 16.6. The zero-order chi connectivity index (χ0) is 22.0. The topological polar surface area (TPSA) is 130 Å². The fourth-order valence-electron chi connectivity index (χ4n) is 3.14. The molecule has 1 atom stereocenters. The fraction of sp³-hybridized carbons (Fsp3) is 0.250. The van der Waals surface area contributed by atoms with E-state index < -0.39 is 23.5 Å². The highest BCUT2D eigenvalue weighted by Gasteiger charge is 2.24. The molecule has 10 heteroatoms. The number of carboxylic acids is 1. The SMILES string of the molecule is CCC(C(=O)Nc1ccc(NC(C)=O)cc1)n1cnc2sc(C(=O)O)c(C)c2c1=O. The quantitative estimate of drug-likeness (QED) is 0.553. The Morgan fingerprint density at radius 3 is 2.30 bits per heavy atom. The van der Waals surface area contributed by atoms with E-state index in [9.17, 15) is 24.3 Å². The normalized spacial score (nSPS) is 11.8. The molecule has 156 valence electrons. The van der Waals surface area contributed by atoms with Gasteiger partial charge in [0.1, 0.15) is 15.7 Å². The number of fused-ring (bicyclic) bond motifs is 1. The molecule has 2 aromatic heterocycles. The Bertz CT molecular complexity index is 1200. The van der Waals surface area contributed by atoms with E-state index in [1.807, 2.05) is 0 Å². The van der Waals surface area contributed by atoms with Crippen LogP contribution >= 0.6 is 11.3 Å². The first kappa shape index (κ1) is 21.2. The summed E-state index contributed by atoms with van der Waals surface area (Å²) in [5, 5.41) is 14.9. The average Bonchev–Trinajstić information content (AvgIpc) is 3.03. The number of aryl methyl sites for hydroxylation is 1. The summed E-state index contributed by atoms with van der Waals surface area (Å²) >= 11 is 0.936. The molecule has 0 saturated heterocycles. The Kier molecular flexibility index (Phi) is 5.97. The van der Waals surface area contributed by atoms with E-state index in [1.54, 1.807) is 38.1 Å². The van der Waals surface area contributed by atoms with Crippen LogP contribution in [0.25, 0.3) is 10.2 Å². The lowest BCUT2D eigenvalue weighted by Crippen LogP contribution is -2.33. The number of carbonyl (C=O) groups excluding carboxylic acids is 2. The molecule has 0 aliphatic rings. The fourth-order valence-corrected chi connectivity index (χ4v) is 4.12.